The zero-order valence-electron chi connectivity index (χ0n) is 12.5. The molecule has 1 unspecified atom stereocenters. The number of nitrogens with one attached hydrogen (secondary N) is 1. The summed E-state index contributed by atoms with van der Waals surface area (Å²) >= 11 is 0. The first-order valence-corrected chi connectivity index (χ1v) is 7.93. The number of hydrogen-bond donors (Lipinski definition) is 2. The smallest absolute Gasteiger partial charge is 0.241 e. The van der Waals surface area contributed by atoms with E-state index < -0.39 is 16.1 Å². The van der Waals surface area contributed by atoms with Crippen LogP contribution in [0.3, 0.4) is 0 Å². The molecule has 0 aliphatic heterocycles. The SMILES string of the molecule is Cc1cc(N)cc(S(=O)(=O)NC(C)c2nncn2C)c1C. The third-order valence-electron chi connectivity index (χ3n) is 3.40. The van der Waals surface area contributed by atoms with Gasteiger partial charge in [-0.05, 0) is 44.0 Å². The van der Waals surface area contributed by atoms with Crippen LogP contribution in [0.25, 0.3) is 0 Å². The van der Waals surface area contributed by atoms with Gasteiger partial charge in [-0.3, -0.25) is 0 Å². The molecule has 0 fully saturated rings. The fraction of sp³-hybridized carbons (Fsp3) is 0.385. The minimum absolute atomic E-state index is 0.189. The van der Waals surface area contributed by atoms with E-state index in [-0.39, 0.29) is 4.90 Å². The van der Waals surface area contributed by atoms with Crippen molar-refractivity contribution in [1.29, 1.82) is 0 Å². The molecule has 0 saturated carbocycles. The lowest BCUT2D eigenvalue weighted by molar-refractivity contribution is 0.552. The number of aromatic nitrogens is 3. The molecule has 0 aliphatic rings. The summed E-state index contributed by atoms with van der Waals surface area (Å²) in [5.41, 5.74) is 7.69. The van der Waals surface area contributed by atoms with Gasteiger partial charge in [0.2, 0.25) is 10.0 Å². The lowest BCUT2D eigenvalue weighted by Gasteiger charge is -2.16. The van der Waals surface area contributed by atoms with Gasteiger partial charge in [0.15, 0.2) is 0 Å². The Labute approximate surface area is 124 Å². The highest BCUT2D eigenvalue weighted by molar-refractivity contribution is 7.89. The quantitative estimate of drug-likeness (QED) is 0.822. The van der Waals surface area contributed by atoms with Gasteiger partial charge in [0.25, 0.3) is 0 Å². The molecule has 7 nitrogen and oxygen atoms in total. The van der Waals surface area contributed by atoms with Crippen LogP contribution < -0.4 is 10.5 Å². The van der Waals surface area contributed by atoms with E-state index in [0.29, 0.717) is 17.1 Å². The molecule has 21 heavy (non-hydrogen) atoms. The second-order valence-electron chi connectivity index (χ2n) is 5.10. The van der Waals surface area contributed by atoms with E-state index in [1.165, 1.54) is 12.4 Å². The summed E-state index contributed by atoms with van der Waals surface area (Å²) in [5.74, 6) is 0.539. The van der Waals surface area contributed by atoms with Crippen molar-refractivity contribution in [3.05, 3.63) is 35.4 Å². The maximum Gasteiger partial charge on any atom is 0.241 e. The Balaban J connectivity index is 2.38. The van der Waals surface area contributed by atoms with E-state index >= 15 is 0 Å². The van der Waals surface area contributed by atoms with E-state index in [0.717, 1.165) is 5.56 Å². The molecule has 0 saturated heterocycles. The van der Waals surface area contributed by atoms with Gasteiger partial charge in [-0.1, -0.05) is 0 Å². The normalized spacial score (nSPS) is 13.3. The molecule has 0 spiro atoms. The molecule has 114 valence electrons. The van der Waals surface area contributed by atoms with Crippen LogP contribution in [0.1, 0.15) is 29.9 Å². The van der Waals surface area contributed by atoms with Crippen LogP contribution in [0.4, 0.5) is 5.69 Å². The molecule has 1 aromatic carbocycles. The highest BCUT2D eigenvalue weighted by atomic mass is 32.2. The third kappa shape index (κ3) is 3.06. The first kappa shape index (κ1) is 15.5. The highest BCUT2D eigenvalue weighted by Crippen LogP contribution is 2.23. The predicted octanol–water partition coefficient (Wildman–Crippen LogP) is 1.05. The molecule has 1 heterocycles. The molecular weight excluding hydrogens is 290 g/mol. The first-order valence-electron chi connectivity index (χ1n) is 6.45. The Kier molecular flexibility index (Phi) is 4.02. The van der Waals surface area contributed by atoms with Crippen molar-refractivity contribution in [2.75, 3.05) is 5.73 Å². The minimum atomic E-state index is -3.69. The summed E-state index contributed by atoms with van der Waals surface area (Å²) in [6.07, 6.45) is 1.52. The molecule has 0 amide bonds. The lowest BCUT2D eigenvalue weighted by atomic mass is 10.1. The summed E-state index contributed by atoms with van der Waals surface area (Å²) in [6, 6.07) is 2.72. The van der Waals surface area contributed by atoms with Gasteiger partial charge >= 0.3 is 0 Å². The monoisotopic (exact) mass is 309 g/mol. The number of rotatable bonds is 4. The molecule has 0 radical (unpaired) electrons. The molecule has 0 bridgehead atoms. The first-order chi connectivity index (χ1) is 9.72. The Morgan fingerprint density at radius 3 is 2.57 bits per heavy atom. The number of hydrogen-bond acceptors (Lipinski definition) is 5. The van der Waals surface area contributed by atoms with Gasteiger partial charge in [-0.2, -0.15) is 0 Å². The van der Waals surface area contributed by atoms with E-state index in [1.807, 2.05) is 6.92 Å². The number of aryl methyl sites for hydroxylation is 2. The maximum absolute atomic E-state index is 12.6. The Bertz CT molecular complexity index is 767. The number of nitrogens with zero attached hydrogens (tertiary/aromatic N) is 3. The standard InChI is InChI=1S/C13H19N5O2S/c1-8-5-11(14)6-12(9(8)2)21(19,20)17-10(3)13-16-15-7-18(13)4/h5-7,10,17H,14H2,1-4H3. The Hall–Kier alpha value is -1.93. The molecule has 1 aromatic heterocycles. The second-order valence-corrected chi connectivity index (χ2v) is 6.79. The minimum Gasteiger partial charge on any atom is -0.399 e. The van der Waals surface area contributed by atoms with Gasteiger partial charge in [0, 0.05) is 12.7 Å². The third-order valence-corrected chi connectivity index (χ3v) is 5.06. The van der Waals surface area contributed by atoms with Gasteiger partial charge < -0.3 is 10.3 Å². The highest BCUT2D eigenvalue weighted by Gasteiger charge is 2.23. The summed E-state index contributed by atoms with van der Waals surface area (Å²) in [5, 5.41) is 7.66. The fourth-order valence-corrected chi connectivity index (χ4v) is 3.72. The van der Waals surface area contributed by atoms with Crippen LogP contribution in [0.5, 0.6) is 0 Å². The van der Waals surface area contributed by atoms with Crippen LogP contribution in [-0.2, 0) is 17.1 Å². The zero-order chi connectivity index (χ0) is 15.8. The van der Waals surface area contributed by atoms with Crippen LogP contribution in [0, 0.1) is 13.8 Å². The van der Waals surface area contributed by atoms with Crippen molar-refractivity contribution in [3.8, 4) is 0 Å². The van der Waals surface area contributed by atoms with E-state index in [2.05, 4.69) is 14.9 Å². The lowest BCUT2D eigenvalue weighted by Crippen LogP contribution is -2.29. The van der Waals surface area contributed by atoms with Gasteiger partial charge in [-0.15, -0.1) is 10.2 Å². The fourth-order valence-electron chi connectivity index (χ4n) is 2.17. The van der Waals surface area contributed by atoms with E-state index in [1.54, 1.807) is 31.5 Å². The molecule has 0 aliphatic carbocycles. The number of nitrogens with two attached hydrogens (primary N) is 1. The van der Waals surface area contributed by atoms with Crippen LogP contribution in [0.2, 0.25) is 0 Å². The van der Waals surface area contributed by atoms with Gasteiger partial charge in [-0.25, -0.2) is 13.1 Å². The van der Waals surface area contributed by atoms with Crippen LogP contribution >= 0.6 is 0 Å². The summed E-state index contributed by atoms with van der Waals surface area (Å²) in [4.78, 5) is 0.189. The molecule has 3 N–H and O–H groups in total. The van der Waals surface area contributed by atoms with E-state index in [9.17, 15) is 8.42 Å². The summed E-state index contributed by atoms with van der Waals surface area (Å²) in [6.45, 7) is 5.31. The Morgan fingerprint density at radius 1 is 1.33 bits per heavy atom. The topological polar surface area (TPSA) is 103 Å². The maximum atomic E-state index is 12.6. The molecule has 1 atom stereocenters. The van der Waals surface area contributed by atoms with E-state index in [4.69, 9.17) is 5.73 Å². The second kappa shape index (κ2) is 5.45. The molecular formula is C13H19N5O2S. The number of sulfonamides is 1. The average molecular weight is 309 g/mol. The van der Waals surface area contributed by atoms with Crippen molar-refractivity contribution >= 4 is 15.7 Å². The van der Waals surface area contributed by atoms with Crippen molar-refractivity contribution < 1.29 is 8.42 Å². The summed E-state index contributed by atoms with van der Waals surface area (Å²) < 4.78 is 29.4. The van der Waals surface area contributed by atoms with Crippen molar-refractivity contribution in [1.82, 2.24) is 19.5 Å². The van der Waals surface area contributed by atoms with Crippen LogP contribution in [0.15, 0.2) is 23.4 Å². The average Bonchev–Trinajstić information content (AvgIpc) is 2.79. The van der Waals surface area contributed by atoms with Gasteiger partial charge in [0.05, 0.1) is 10.9 Å². The van der Waals surface area contributed by atoms with Gasteiger partial charge in [0.1, 0.15) is 12.2 Å². The predicted molar refractivity (Wildman–Crippen MR) is 80.1 cm³/mol. The zero-order valence-corrected chi connectivity index (χ0v) is 13.3. The van der Waals surface area contributed by atoms with Crippen LogP contribution in [-0.4, -0.2) is 23.2 Å². The Morgan fingerprint density at radius 2 is 2.00 bits per heavy atom. The summed E-state index contributed by atoms with van der Waals surface area (Å²) in [7, 11) is -1.93. The van der Waals surface area contributed by atoms with Crippen molar-refractivity contribution in [2.24, 2.45) is 7.05 Å². The number of anilines is 1. The van der Waals surface area contributed by atoms with Crippen molar-refractivity contribution in [2.45, 2.75) is 31.7 Å². The largest absolute Gasteiger partial charge is 0.399 e. The molecule has 8 heteroatoms. The number of nitrogen functional groups attached to an aromatic ring is 1. The molecule has 2 rings (SSSR count). The molecule has 2 aromatic rings. The number of benzene rings is 1. The van der Waals surface area contributed by atoms with Crippen molar-refractivity contribution in [3.63, 3.8) is 0 Å².